The minimum Gasteiger partial charge on any atom is -0.448 e. The van der Waals surface area contributed by atoms with Crippen molar-refractivity contribution in [2.24, 2.45) is 0 Å². The van der Waals surface area contributed by atoms with Gasteiger partial charge in [-0.05, 0) is 30.7 Å². The summed E-state index contributed by atoms with van der Waals surface area (Å²) in [5, 5.41) is 23.4. The van der Waals surface area contributed by atoms with E-state index in [1.165, 1.54) is 31.4 Å². The quantitative estimate of drug-likeness (QED) is 0.192. The molecule has 0 aliphatic carbocycles. The van der Waals surface area contributed by atoms with E-state index >= 15 is 0 Å². The molecule has 1 aromatic carbocycles. The zero-order valence-corrected chi connectivity index (χ0v) is 18.4. The third kappa shape index (κ3) is 5.25. The minimum absolute atomic E-state index is 0.312. The van der Waals surface area contributed by atoms with Crippen LogP contribution in [-0.2, 0) is 0 Å². The number of hydrogen-bond donors (Lipinski definition) is 1. The Balaban J connectivity index is 1.55. The molecule has 0 bridgehead atoms. The molecule has 1 unspecified atom stereocenters. The van der Waals surface area contributed by atoms with Crippen LogP contribution in [0.2, 0.25) is 0 Å². The van der Waals surface area contributed by atoms with Crippen molar-refractivity contribution in [3.05, 3.63) is 58.3 Å². The number of nitrogens with zero attached hydrogens (tertiary/aromatic N) is 4. The second-order valence-electron chi connectivity index (χ2n) is 7.18. The van der Waals surface area contributed by atoms with E-state index in [1.54, 1.807) is 23.9 Å². The van der Waals surface area contributed by atoms with E-state index < -0.39 is 11.2 Å². The number of aromatic nitrogens is 3. The molecule has 32 heavy (non-hydrogen) atoms. The Morgan fingerprint density at radius 1 is 1.19 bits per heavy atom. The van der Waals surface area contributed by atoms with Crippen LogP contribution < -0.4 is 10.1 Å². The highest BCUT2D eigenvalue weighted by molar-refractivity contribution is 7.99. The summed E-state index contributed by atoms with van der Waals surface area (Å²) in [6, 6.07) is 10.5. The first-order valence-corrected chi connectivity index (χ1v) is 11.4. The van der Waals surface area contributed by atoms with Crippen molar-refractivity contribution in [2.75, 3.05) is 11.1 Å². The van der Waals surface area contributed by atoms with Crippen LogP contribution in [0, 0.1) is 10.1 Å². The summed E-state index contributed by atoms with van der Waals surface area (Å²) in [5.41, 5.74) is 2.22. The van der Waals surface area contributed by atoms with Gasteiger partial charge in [-0.3, -0.25) is 10.1 Å². The van der Waals surface area contributed by atoms with Crippen LogP contribution in [0.1, 0.15) is 38.4 Å². The number of fused-ring (bicyclic) bond motifs is 3. The molecule has 3 aromatic rings. The molecule has 2 aromatic heterocycles. The molecular formula is C22H23N5O4S. The number of para-hydroxylation sites is 1. The highest BCUT2D eigenvalue weighted by Gasteiger charge is 2.23. The van der Waals surface area contributed by atoms with Crippen molar-refractivity contribution >= 4 is 29.4 Å². The van der Waals surface area contributed by atoms with E-state index in [4.69, 9.17) is 9.15 Å². The number of benzene rings is 1. The lowest BCUT2D eigenvalue weighted by atomic mass is 10.1. The van der Waals surface area contributed by atoms with E-state index in [-0.39, 0.29) is 5.88 Å². The fraction of sp³-hybridized carbons (Fsp3) is 0.318. The van der Waals surface area contributed by atoms with E-state index in [9.17, 15) is 10.1 Å². The standard InChI is InChI=1S/C22H23N5O4S/c1-2-3-4-7-14-32-22-24-21-20(25-26-22)16-8-5-6-9-17(16)23-18(31-21)12-10-15-11-13-19(30-15)27(28)29/h5-6,8-13,18,23H,2-4,7,14H2,1H3. The fourth-order valence-corrected chi connectivity index (χ4v) is 4.00. The number of ether oxygens (including phenoxy) is 1. The number of anilines is 1. The van der Waals surface area contributed by atoms with Crippen LogP contribution in [0.15, 0.2) is 52.0 Å². The molecule has 9 nitrogen and oxygen atoms in total. The molecule has 0 saturated carbocycles. The molecule has 1 aliphatic heterocycles. The van der Waals surface area contributed by atoms with Crippen LogP contribution in [0.3, 0.4) is 0 Å². The molecule has 166 valence electrons. The number of furan rings is 1. The number of nitro groups is 1. The highest BCUT2D eigenvalue weighted by atomic mass is 32.2. The van der Waals surface area contributed by atoms with Crippen molar-refractivity contribution in [2.45, 2.75) is 44.0 Å². The number of nitrogens with one attached hydrogen (secondary N) is 1. The Bertz CT molecular complexity index is 1120. The van der Waals surface area contributed by atoms with Crippen LogP contribution in [-0.4, -0.2) is 32.1 Å². The topological polar surface area (TPSA) is 116 Å². The maximum absolute atomic E-state index is 10.8. The predicted molar refractivity (Wildman–Crippen MR) is 123 cm³/mol. The summed E-state index contributed by atoms with van der Waals surface area (Å²) in [7, 11) is 0. The van der Waals surface area contributed by atoms with E-state index in [0.29, 0.717) is 22.5 Å². The Labute approximate surface area is 189 Å². The average Bonchev–Trinajstić information content (AvgIpc) is 3.21. The third-order valence-corrected chi connectivity index (χ3v) is 5.73. The van der Waals surface area contributed by atoms with Crippen LogP contribution in [0.4, 0.5) is 11.6 Å². The van der Waals surface area contributed by atoms with Gasteiger partial charge in [-0.15, -0.1) is 10.2 Å². The van der Waals surface area contributed by atoms with Gasteiger partial charge in [0.15, 0.2) is 11.9 Å². The first-order chi connectivity index (χ1) is 15.6. The Morgan fingerprint density at radius 3 is 2.88 bits per heavy atom. The van der Waals surface area contributed by atoms with Crippen molar-refractivity contribution in [3.8, 4) is 17.1 Å². The molecule has 0 fully saturated rings. The predicted octanol–water partition coefficient (Wildman–Crippen LogP) is 5.56. The van der Waals surface area contributed by atoms with Crippen LogP contribution in [0.5, 0.6) is 5.88 Å². The Kier molecular flexibility index (Phi) is 7.00. The van der Waals surface area contributed by atoms with E-state index in [0.717, 1.165) is 23.4 Å². The molecule has 4 rings (SSSR count). The largest absolute Gasteiger partial charge is 0.448 e. The van der Waals surface area contributed by atoms with Crippen molar-refractivity contribution in [3.63, 3.8) is 0 Å². The molecule has 3 heterocycles. The summed E-state index contributed by atoms with van der Waals surface area (Å²) in [4.78, 5) is 14.9. The maximum atomic E-state index is 10.8. The molecule has 1 aliphatic rings. The van der Waals surface area contributed by atoms with Gasteiger partial charge in [0.25, 0.3) is 0 Å². The molecule has 1 atom stereocenters. The Morgan fingerprint density at radius 2 is 2.06 bits per heavy atom. The molecule has 1 N–H and O–H groups in total. The number of rotatable bonds is 9. The minimum atomic E-state index is -0.583. The van der Waals surface area contributed by atoms with Gasteiger partial charge in [0.1, 0.15) is 10.7 Å². The zero-order valence-electron chi connectivity index (χ0n) is 17.6. The van der Waals surface area contributed by atoms with Gasteiger partial charge in [0, 0.05) is 17.0 Å². The van der Waals surface area contributed by atoms with Gasteiger partial charge in [-0.2, -0.15) is 4.98 Å². The molecule has 0 amide bonds. The lowest BCUT2D eigenvalue weighted by Crippen LogP contribution is -2.23. The first kappa shape index (κ1) is 21.8. The summed E-state index contributed by atoms with van der Waals surface area (Å²) in [5.74, 6) is 1.35. The van der Waals surface area contributed by atoms with E-state index in [2.05, 4.69) is 27.4 Å². The lowest BCUT2D eigenvalue weighted by molar-refractivity contribution is -0.402. The van der Waals surface area contributed by atoms with E-state index in [1.807, 2.05) is 24.3 Å². The number of hydrogen-bond acceptors (Lipinski definition) is 9. The SMILES string of the molecule is CCCCCCSc1nnc2c(n1)OC(C=Cc1ccc([N+](=O)[O-])o1)Nc1ccccc1-2. The first-order valence-electron chi connectivity index (χ1n) is 10.5. The number of unbranched alkanes of at least 4 members (excludes halogenated alkanes) is 3. The van der Waals surface area contributed by atoms with Gasteiger partial charge in [-0.1, -0.05) is 56.1 Å². The van der Waals surface area contributed by atoms with Crippen LogP contribution >= 0.6 is 11.8 Å². The normalized spacial score (nSPS) is 14.8. The van der Waals surface area contributed by atoms with Crippen molar-refractivity contribution in [1.82, 2.24) is 15.2 Å². The molecule has 0 spiro atoms. The number of thioether (sulfide) groups is 1. The maximum Gasteiger partial charge on any atom is 0.433 e. The van der Waals surface area contributed by atoms with Crippen molar-refractivity contribution < 1.29 is 14.1 Å². The molecule has 10 heteroatoms. The summed E-state index contributed by atoms with van der Waals surface area (Å²) in [6.45, 7) is 2.19. The van der Waals surface area contributed by atoms with Gasteiger partial charge in [0.05, 0.1) is 6.07 Å². The highest BCUT2D eigenvalue weighted by Crippen LogP contribution is 2.36. The molecular weight excluding hydrogens is 430 g/mol. The van der Waals surface area contributed by atoms with Gasteiger partial charge in [0.2, 0.25) is 11.0 Å². The van der Waals surface area contributed by atoms with Gasteiger partial charge >= 0.3 is 5.88 Å². The summed E-state index contributed by atoms with van der Waals surface area (Å²) in [6.07, 6.45) is 7.47. The summed E-state index contributed by atoms with van der Waals surface area (Å²) >= 11 is 1.57. The Hall–Kier alpha value is -3.40. The second kappa shape index (κ2) is 10.3. The smallest absolute Gasteiger partial charge is 0.433 e. The van der Waals surface area contributed by atoms with Gasteiger partial charge in [-0.25, -0.2) is 0 Å². The molecule has 0 saturated heterocycles. The fourth-order valence-electron chi connectivity index (χ4n) is 3.22. The summed E-state index contributed by atoms with van der Waals surface area (Å²) < 4.78 is 11.3. The second-order valence-corrected chi connectivity index (χ2v) is 8.24. The average molecular weight is 454 g/mol. The third-order valence-electron chi connectivity index (χ3n) is 4.81. The molecule has 0 radical (unpaired) electrons. The monoisotopic (exact) mass is 453 g/mol. The van der Waals surface area contributed by atoms with Crippen molar-refractivity contribution in [1.29, 1.82) is 0 Å². The lowest BCUT2D eigenvalue weighted by Gasteiger charge is -2.15. The van der Waals surface area contributed by atoms with Crippen LogP contribution in [0.25, 0.3) is 17.3 Å². The van der Waals surface area contributed by atoms with Gasteiger partial charge < -0.3 is 14.5 Å². The zero-order chi connectivity index (χ0) is 22.3.